The van der Waals surface area contributed by atoms with Gasteiger partial charge in [-0.1, -0.05) is 27.5 Å². The molecule has 1 heterocycles. The number of carbonyl (C=O) groups is 1. The maximum absolute atomic E-state index is 12.5. The van der Waals surface area contributed by atoms with Crippen molar-refractivity contribution < 1.29 is 4.79 Å². The van der Waals surface area contributed by atoms with Gasteiger partial charge in [0.25, 0.3) is 5.91 Å². The topological polar surface area (TPSA) is 46.3 Å². The van der Waals surface area contributed by atoms with E-state index in [0.717, 1.165) is 13.7 Å². The molecule has 0 bridgehead atoms. The van der Waals surface area contributed by atoms with E-state index in [-0.39, 0.29) is 5.91 Å². The Labute approximate surface area is 135 Å². The van der Waals surface area contributed by atoms with Gasteiger partial charge in [0.2, 0.25) is 0 Å². The third-order valence-electron chi connectivity index (χ3n) is 2.81. The molecule has 0 aliphatic carbocycles. The van der Waals surface area contributed by atoms with Gasteiger partial charge >= 0.3 is 0 Å². The Kier molecular flexibility index (Phi) is 5.07. The minimum Gasteiger partial charge on any atom is -0.399 e. The fourth-order valence-corrected chi connectivity index (χ4v) is 3.48. The van der Waals surface area contributed by atoms with Crippen molar-refractivity contribution in [3.63, 3.8) is 0 Å². The summed E-state index contributed by atoms with van der Waals surface area (Å²) in [5, 5.41) is 0. The average Bonchev–Trinajstić information content (AvgIpc) is 2.79. The average molecular weight is 374 g/mol. The number of halogens is 2. The number of nitrogen functional groups attached to an aromatic ring is 1. The van der Waals surface area contributed by atoms with Crippen molar-refractivity contribution in [1.82, 2.24) is 4.90 Å². The first-order valence-corrected chi connectivity index (χ1v) is 8.08. The smallest absolute Gasteiger partial charge is 0.254 e. The van der Waals surface area contributed by atoms with Crippen LogP contribution in [-0.2, 0) is 6.54 Å². The van der Waals surface area contributed by atoms with Crippen molar-refractivity contribution in [1.29, 1.82) is 0 Å². The van der Waals surface area contributed by atoms with Gasteiger partial charge < -0.3 is 10.6 Å². The standard InChI is InChI=1S/C14H14BrClN2OS/c1-2-18(8-12-3-4-13(16)20-12)14(19)9-5-10(15)7-11(17)6-9/h3-7H,2,8,17H2,1H3. The summed E-state index contributed by atoms with van der Waals surface area (Å²) in [5.41, 5.74) is 6.93. The number of rotatable bonds is 4. The van der Waals surface area contributed by atoms with Crippen LogP contribution in [-0.4, -0.2) is 17.4 Å². The molecule has 6 heteroatoms. The summed E-state index contributed by atoms with van der Waals surface area (Å²) in [6.45, 7) is 3.13. The molecule has 1 amide bonds. The Balaban J connectivity index is 2.20. The first-order valence-electron chi connectivity index (χ1n) is 6.09. The van der Waals surface area contributed by atoms with E-state index >= 15 is 0 Å². The highest BCUT2D eigenvalue weighted by atomic mass is 79.9. The first kappa shape index (κ1) is 15.4. The highest BCUT2D eigenvalue weighted by Crippen LogP contribution is 2.24. The van der Waals surface area contributed by atoms with Gasteiger partial charge in [0.1, 0.15) is 0 Å². The predicted molar refractivity (Wildman–Crippen MR) is 88.3 cm³/mol. The molecule has 0 atom stereocenters. The number of carbonyl (C=O) groups excluding carboxylic acids is 1. The summed E-state index contributed by atoms with van der Waals surface area (Å²) in [7, 11) is 0. The van der Waals surface area contributed by atoms with Crippen LogP contribution in [0.2, 0.25) is 4.34 Å². The molecular weight excluding hydrogens is 360 g/mol. The highest BCUT2D eigenvalue weighted by Gasteiger charge is 2.16. The Morgan fingerprint density at radius 2 is 2.15 bits per heavy atom. The predicted octanol–water partition coefficient (Wildman–Crippen LogP) is 4.41. The zero-order chi connectivity index (χ0) is 14.7. The number of nitrogens with zero attached hydrogens (tertiary/aromatic N) is 1. The number of benzene rings is 1. The maximum atomic E-state index is 12.5. The SMILES string of the molecule is CCN(Cc1ccc(Cl)s1)C(=O)c1cc(N)cc(Br)c1. The number of amides is 1. The zero-order valence-electron chi connectivity index (χ0n) is 10.9. The molecule has 0 saturated carbocycles. The van der Waals surface area contributed by atoms with E-state index in [1.165, 1.54) is 11.3 Å². The van der Waals surface area contributed by atoms with Crippen molar-refractivity contribution in [2.45, 2.75) is 13.5 Å². The quantitative estimate of drug-likeness (QED) is 0.807. The molecular formula is C14H14BrClN2OS. The Hall–Kier alpha value is -1.04. The largest absolute Gasteiger partial charge is 0.399 e. The van der Waals surface area contributed by atoms with Crippen LogP contribution in [0.3, 0.4) is 0 Å². The number of thiophene rings is 1. The molecule has 2 rings (SSSR count). The van der Waals surface area contributed by atoms with Crippen molar-refractivity contribution >= 4 is 50.5 Å². The molecule has 3 nitrogen and oxygen atoms in total. The second-order valence-electron chi connectivity index (χ2n) is 4.30. The van der Waals surface area contributed by atoms with Crippen molar-refractivity contribution in [2.24, 2.45) is 0 Å². The minimum absolute atomic E-state index is 0.0370. The molecule has 0 unspecified atom stereocenters. The fourth-order valence-electron chi connectivity index (χ4n) is 1.87. The molecule has 0 fully saturated rings. The van der Waals surface area contributed by atoms with Gasteiger partial charge in [-0.15, -0.1) is 11.3 Å². The number of hydrogen-bond donors (Lipinski definition) is 1. The van der Waals surface area contributed by atoms with Crippen molar-refractivity contribution in [3.05, 3.63) is 49.6 Å². The molecule has 20 heavy (non-hydrogen) atoms. The monoisotopic (exact) mass is 372 g/mol. The lowest BCUT2D eigenvalue weighted by molar-refractivity contribution is 0.0754. The lowest BCUT2D eigenvalue weighted by atomic mass is 10.1. The van der Waals surface area contributed by atoms with Crippen LogP contribution >= 0.6 is 38.9 Å². The zero-order valence-corrected chi connectivity index (χ0v) is 14.1. The Morgan fingerprint density at radius 1 is 1.40 bits per heavy atom. The van der Waals surface area contributed by atoms with Gasteiger partial charge in [-0.3, -0.25) is 4.79 Å². The van der Waals surface area contributed by atoms with Gasteiger partial charge in [-0.25, -0.2) is 0 Å². The summed E-state index contributed by atoms with van der Waals surface area (Å²) in [4.78, 5) is 15.3. The first-order chi connectivity index (χ1) is 9.49. The molecule has 0 radical (unpaired) electrons. The summed E-state index contributed by atoms with van der Waals surface area (Å²) in [5.74, 6) is -0.0370. The molecule has 106 valence electrons. The molecule has 1 aromatic heterocycles. The molecule has 0 saturated heterocycles. The van der Waals surface area contributed by atoms with Gasteiger partial charge in [0, 0.05) is 27.1 Å². The molecule has 2 aromatic rings. The van der Waals surface area contributed by atoms with Crippen LogP contribution < -0.4 is 5.73 Å². The van der Waals surface area contributed by atoms with Crippen molar-refractivity contribution in [2.75, 3.05) is 12.3 Å². The van der Waals surface area contributed by atoms with Gasteiger partial charge in [0.05, 0.1) is 10.9 Å². The van der Waals surface area contributed by atoms with Gasteiger partial charge in [0.15, 0.2) is 0 Å². The second kappa shape index (κ2) is 6.61. The number of anilines is 1. The lowest BCUT2D eigenvalue weighted by Crippen LogP contribution is -2.30. The van der Waals surface area contributed by atoms with Crippen LogP contribution in [0.15, 0.2) is 34.8 Å². The second-order valence-corrected chi connectivity index (χ2v) is 7.01. The number of hydrogen-bond acceptors (Lipinski definition) is 3. The summed E-state index contributed by atoms with van der Waals surface area (Å²) in [6, 6.07) is 9.03. The van der Waals surface area contributed by atoms with Crippen molar-refractivity contribution in [3.8, 4) is 0 Å². The lowest BCUT2D eigenvalue weighted by Gasteiger charge is -2.20. The van der Waals surface area contributed by atoms with E-state index in [2.05, 4.69) is 15.9 Å². The van der Waals surface area contributed by atoms with Crippen LogP contribution in [0.5, 0.6) is 0 Å². The van der Waals surface area contributed by atoms with Crippen LogP contribution in [0.25, 0.3) is 0 Å². The van der Waals surface area contributed by atoms with Crippen LogP contribution in [0.1, 0.15) is 22.2 Å². The minimum atomic E-state index is -0.0370. The summed E-state index contributed by atoms with van der Waals surface area (Å²) < 4.78 is 1.53. The Bertz CT molecular complexity index is 609. The fraction of sp³-hybridized carbons (Fsp3) is 0.214. The molecule has 0 spiro atoms. The molecule has 0 aliphatic heterocycles. The molecule has 0 aliphatic rings. The molecule has 2 N–H and O–H groups in total. The number of nitrogens with two attached hydrogens (primary N) is 1. The van der Waals surface area contributed by atoms with E-state index in [1.54, 1.807) is 23.1 Å². The van der Waals surface area contributed by atoms with E-state index < -0.39 is 0 Å². The summed E-state index contributed by atoms with van der Waals surface area (Å²) in [6.07, 6.45) is 0. The van der Waals surface area contributed by atoms with Crippen LogP contribution in [0.4, 0.5) is 5.69 Å². The van der Waals surface area contributed by atoms with Crippen LogP contribution in [0, 0.1) is 0 Å². The van der Waals surface area contributed by atoms with E-state index in [0.29, 0.717) is 24.3 Å². The van der Waals surface area contributed by atoms with E-state index in [1.807, 2.05) is 19.1 Å². The highest BCUT2D eigenvalue weighted by molar-refractivity contribution is 9.10. The molecule has 1 aromatic carbocycles. The summed E-state index contributed by atoms with van der Waals surface area (Å²) >= 11 is 10.8. The van der Waals surface area contributed by atoms with Gasteiger partial charge in [-0.05, 0) is 37.3 Å². The third kappa shape index (κ3) is 3.75. The maximum Gasteiger partial charge on any atom is 0.254 e. The Morgan fingerprint density at radius 3 is 2.70 bits per heavy atom. The normalized spacial score (nSPS) is 10.6. The van der Waals surface area contributed by atoms with E-state index in [4.69, 9.17) is 17.3 Å². The third-order valence-corrected chi connectivity index (χ3v) is 4.49. The van der Waals surface area contributed by atoms with E-state index in [9.17, 15) is 4.79 Å². The van der Waals surface area contributed by atoms with Gasteiger partial charge in [-0.2, -0.15) is 0 Å².